The Morgan fingerprint density at radius 2 is 1.86 bits per heavy atom. The Bertz CT molecular complexity index is 1050. The number of fused-ring (bicyclic) bond motifs is 1. The number of hydrogen-bond acceptors (Lipinski definition) is 5. The van der Waals surface area contributed by atoms with Crippen LogP contribution in [0.2, 0.25) is 0 Å². The Morgan fingerprint density at radius 3 is 2.72 bits per heavy atom. The number of rotatable bonds is 6. The molecule has 0 atom stereocenters. The van der Waals surface area contributed by atoms with Gasteiger partial charge >= 0.3 is 0 Å². The van der Waals surface area contributed by atoms with E-state index in [1.807, 2.05) is 49.4 Å². The fraction of sp³-hybridized carbons (Fsp3) is 0.304. The molecule has 0 saturated heterocycles. The Hall–Kier alpha value is -3.28. The standard InChI is InChI=1S/C23H24N2O4/c1-17-6-2-3-7-20(17)27-13-4-12-25-23(26)11-9-19(24-25)18-8-10-21-22(16-18)29-15-5-14-28-21/h2-3,6-11,16H,4-5,12-15H2,1H3. The van der Waals surface area contributed by atoms with Crippen LogP contribution in [0, 0.1) is 6.92 Å². The number of benzene rings is 2. The average molecular weight is 392 g/mol. The summed E-state index contributed by atoms with van der Waals surface area (Å²) in [5, 5.41) is 4.53. The first-order chi connectivity index (χ1) is 14.2. The summed E-state index contributed by atoms with van der Waals surface area (Å²) in [7, 11) is 0. The van der Waals surface area contributed by atoms with Crippen LogP contribution in [0.5, 0.6) is 17.2 Å². The summed E-state index contributed by atoms with van der Waals surface area (Å²) < 4.78 is 18.7. The summed E-state index contributed by atoms with van der Waals surface area (Å²) in [6.45, 7) is 4.31. The lowest BCUT2D eigenvalue weighted by atomic mass is 10.1. The van der Waals surface area contributed by atoms with Crippen LogP contribution >= 0.6 is 0 Å². The fourth-order valence-corrected chi connectivity index (χ4v) is 3.20. The molecule has 0 saturated carbocycles. The zero-order valence-corrected chi connectivity index (χ0v) is 16.5. The molecular weight excluding hydrogens is 368 g/mol. The first kappa shape index (κ1) is 19.1. The molecule has 0 amide bonds. The van der Waals surface area contributed by atoms with E-state index in [4.69, 9.17) is 14.2 Å². The second-order valence-corrected chi connectivity index (χ2v) is 6.96. The van der Waals surface area contributed by atoms with Gasteiger partial charge in [-0.1, -0.05) is 18.2 Å². The van der Waals surface area contributed by atoms with E-state index >= 15 is 0 Å². The maximum absolute atomic E-state index is 12.2. The zero-order chi connectivity index (χ0) is 20.1. The highest BCUT2D eigenvalue weighted by Crippen LogP contribution is 2.33. The number of hydrogen-bond donors (Lipinski definition) is 0. The van der Waals surface area contributed by atoms with Crippen LogP contribution in [-0.4, -0.2) is 29.6 Å². The lowest BCUT2D eigenvalue weighted by molar-refractivity contribution is 0.295. The van der Waals surface area contributed by atoms with Gasteiger partial charge < -0.3 is 14.2 Å². The molecule has 0 N–H and O–H groups in total. The lowest BCUT2D eigenvalue weighted by Crippen LogP contribution is -2.23. The van der Waals surface area contributed by atoms with Crippen LogP contribution in [0.15, 0.2) is 59.4 Å². The molecule has 1 aliphatic rings. The molecule has 0 radical (unpaired) electrons. The molecule has 0 spiro atoms. The number of nitrogens with zero attached hydrogens (tertiary/aromatic N) is 2. The molecule has 6 heteroatoms. The smallest absolute Gasteiger partial charge is 0.266 e. The summed E-state index contributed by atoms with van der Waals surface area (Å²) in [4.78, 5) is 12.2. The zero-order valence-electron chi connectivity index (χ0n) is 16.5. The van der Waals surface area contributed by atoms with E-state index in [1.54, 1.807) is 12.1 Å². The van der Waals surface area contributed by atoms with Crippen LogP contribution in [0.4, 0.5) is 0 Å². The molecule has 2 aromatic carbocycles. The monoisotopic (exact) mass is 392 g/mol. The van der Waals surface area contributed by atoms with Crippen LogP contribution in [0.25, 0.3) is 11.3 Å². The second kappa shape index (κ2) is 8.82. The topological polar surface area (TPSA) is 62.6 Å². The minimum absolute atomic E-state index is 0.126. The Balaban J connectivity index is 1.44. The van der Waals surface area contributed by atoms with Gasteiger partial charge in [-0.05, 0) is 42.8 Å². The Kier molecular flexibility index (Phi) is 5.79. The predicted octanol–water partition coefficient (Wildman–Crippen LogP) is 3.85. The van der Waals surface area contributed by atoms with Crippen LogP contribution < -0.4 is 19.8 Å². The van der Waals surface area contributed by atoms with Gasteiger partial charge in [0.1, 0.15) is 5.75 Å². The molecular formula is C23H24N2O4. The average Bonchev–Trinajstić information content (AvgIpc) is 2.98. The van der Waals surface area contributed by atoms with Gasteiger partial charge in [0.25, 0.3) is 5.56 Å². The quantitative estimate of drug-likeness (QED) is 0.596. The van der Waals surface area contributed by atoms with E-state index in [1.165, 1.54) is 4.68 Å². The molecule has 6 nitrogen and oxygen atoms in total. The number of aryl methyl sites for hydroxylation is 2. The van der Waals surface area contributed by atoms with Gasteiger partial charge in [0, 0.05) is 31.0 Å². The number of para-hydroxylation sites is 1. The van der Waals surface area contributed by atoms with Crippen molar-refractivity contribution < 1.29 is 14.2 Å². The molecule has 1 aliphatic heterocycles. The molecule has 0 unspecified atom stereocenters. The molecule has 3 aromatic rings. The maximum atomic E-state index is 12.2. The molecule has 150 valence electrons. The van der Waals surface area contributed by atoms with Gasteiger partial charge in [0.2, 0.25) is 0 Å². The van der Waals surface area contributed by atoms with E-state index in [9.17, 15) is 4.79 Å². The predicted molar refractivity (Wildman–Crippen MR) is 111 cm³/mol. The summed E-state index contributed by atoms with van der Waals surface area (Å²) in [5.74, 6) is 2.33. The van der Waals surface area contributed by atoms with Crippen molar-refractivity contribution in [1.29, 1.82) is 0 Å². The van der Waals surface area contributed by atoms with E-state index in [-0.39, 0.29) is 5.56 Å². The van der Waals surface area contributed by atoms with Crippen LogP contribution in [0.1, 0.15) is 18.4 Å². The SMILES string of the molecule is Cc1ccccc1OCCCn1nc(-c2ccc3c(c2)OCCCO3)ccc1=O. The molecule has 0 aliphatic carbocycles. The molecule has 4 rings (SSSR count). The third kappa shape index (κ3) is 4.59. The molecule has 0 fully saturated rings. The summed E-state index contributed by atoms with van der Waals surface area (Å²) in [5.41, 5.74) is 2.58. The van der Waals surface area contributed by atoms with Crippen molar-refractivity contribution in [2.24, 2.45) is 0 Å². The first-order valence-electron chi connectivity index (χ1n) is 9.87. The van der Waals surface area contributed by atoms with Crippen LogP contribution in [0.3, 0.4) is 0 Å². The Morgan fingerprint density at radius 1 is 1.03 bits per heavy atom. The van der Waals surface area contributed by atoms with Crippen molar-refractivity contribution >= 4 is 0 Å². The van der Waals surface area contributed by atoms with Crippen molar-refractivity contribution in [2.45, 2.75) is 26.3 Å². The highest BCUT2D eigenvalue weighted by Gasteiger charge is 2.12. The van der Waals surface area contributed by atoms with Crippen LogP contribution in [-0.2, 0) is 6.54 Å². The second-order valence-electron chi connectivity index (χ2n) is 6.96. The van der Waals surface area contributed by atoms with Crippen molar-refractivity contribution in [3.63, 3.8) is 0 Å². The first-order valence-corrected chi connectivity index (χ1v) is 9.87. The third-order valence-electron chi connectivity index (χ3n) is 4.78. The lowest BCUT2D eigenvalue weighted by Gasteiger charge is -2.11. The van der Waals surface area contributed by atoms with Gasteiger partial charge in [-0.15, -0.1) is 0 Å². The highest BCUT2D eigenvalue weighted by molar-refractivity contribution is 5.63. The molecule has 2 heterocycles. The van der Waals surface area contributed by atoms with E-state index in [0.717, 1.165) is 34.7 Å². The summed E-state index contributed by atoms with van der Waals surface area (Å²) in [6.07, 6.45) is 1.55. The van der Waals surface area contributed by atoms with Gasteiger partial charge in [-0.3, -0.25) is 4.79 Å². The normalized spacial score (nSPS) is 13.0. The highest BCUT2D eigenvalue weighted by atomic mass is 16.5. The molecule has 0 bridgehead atoms. The van der Waals surface area contributed by atoms with E-state index < -0.39 is 0 Å². The summed E-state index contributed by atoms with van der Waals surface area (Å²) >= 11 is 0. The largest absolute Gasteiger partial charge is 0.493 e. The fourth-order valence-electron chi connectivity index (χ4n) is 3.20. The number of aromatic nitrogens is 2. The van der Waals surface area contributed by atoms with E-state index in [2.05, 4.69) is 5.10 Å². The van der Waals surface area contributed by atoms with Crippen molar-refractivity contribution in [3.05, 3.63) is 70.5 Å². The van der Waals surface area contributed by atoms with Gasteiger partial charge in [0.05, 0.1) is 25.5 Å². The minimum atomic E-state index is -0.126. The van der Waals surface area contributed by atoms with Crippen molar-refractivity contribution in [2.75, 3.05) is 19.8 Å². The minimum Gasteiger partial charge on any atom is -0.493 e. The van der Waals surface area contributed by atoms with Crippen molar-refractivity contribution in [1.82, 2.24) is 9.78 Å². The third-order valence-corrected chi connectivity index (χ3v) is 4.78. The van der Waals surface area contributed by atoms with Gasteiger partial charge in [0.15, 0.2) is 11.5 Å². The molecule has 29 heavy (non-hydrogen) atoms. The van der Waals surface area contributed by atoms with Crippen molar-refractivity contribution in [3.8, 4) is 28.5 Å². The Labute approximate surface area is 169 Å². The van der Waals surface area contributed by atoms with Gasteiger partial charge in [-0.2, -0.15) is 5.10 Å². The molecule has 1 aromatic heterocycles. The number of ether oxygens (including phenoxy) is 3. The maximum Gasteiger partial charge on any atom is 0.266 e. The summed E-state index contributed by atoms with van der Waals surface area (Å²) in [6, 6.07) is 16.9. The van der Waals surface area contributed by atoms with E-state index in [0.29, 0.717) is 38.5 Å². The van der Waals surface area contributed by atoms with Gasteiger partial charge in [-0.25, -0.2) is 4.68 Å².